The fraction of sp³-hybridized carbons (Fsp3) is 0.357. The third kappa shape index (κ3) is 5.22. The number of rotatable bonds is 8. The van der Waals surface area contributed by atoms with E-state index in [0.29, 0.717) is 41.4 Å². The van der Waals surface area contributed by atoms with Crippen molar-refractivity contribution in [2.45, 2.75) is 38.6 Å². The Bertz CT molecular complexity index is 1450. The van der Waals surface area contributed by atoms with Crippen LogP contribution in [0.25, 0.3) is 16.8 Å². The van der Waals surface area contributed by atoms with Crippen molar-refractivity contribution in [2.75, 3.05) is 24.6 Å². The molecule has 1 aliphatic carbocycles. The zero-order valence-electron chi connectivity index (χ0n) is 21.3. The molecular formula is C28H29BN6O3. The zero-order valence-corrected chi connectivity index (χ0v) is 21.3. The van der Waals surface area contributed by atoms with Crippen LogP contribution >= 0.6 is 0 Å². The molecule has 6 rings (SSSR count). The molecule has 2 aliphatic rings. The number of carbonyl (C=O) groups is 1. The third-order valence-electron chi connectivity index (χ3n) is 7.03. The fourth-order valence-corrected chi connectivity index (χ4v) is 4.74. The van der Waals surface area contributed by atoms with Gasteiger partial charge in [0.05, 0.1) is 6.20 Å². The molecule has 9 nitrogen and oxygen atoms in total. The number of aryl methyl sites for hydroxylation is 1. The molecule has 4 aromatic rings. The van der Waals surface area contributed by atoms with Crippen molar-refractivity contribution < 1.29 is 14.3 Å². The van der Waals surface area contributed by atoms with Crippen molar-refractivity contribution in [1.29, 1.82) is 0 Å². The van der Waals surface area contributed by atoms with Gasteiger partial charge >= 0.3 is 6.01 Å². The van der Waals surface area contributed by atoms with Gasteiger partial charge in [-0.25, -0.2) is 0 Å². The molecule has 0 spiro atoms. The maximum absolute atomic E-state index is 12.6. The van der Waals surface area contributed by atoms with Crippen LogP contribution in [0.15, 0.2) is 54.7 Å². The van der Waals surface area contributed by atoms with E-state index in [0.717, 1.165) is 55.6 Å². The Morgan fingerprint density at radius 3 is 2.66 bits per heavy atom. The molecule has 0 unspecified atom stereocenters. The summed E-state index contributed by atoms with van der Waals surface area (Å²) in [6.45, 7) is 4.02. The van der Waals surface area contributed by atoms with Crippen LogP contribution in [0.4, 0.5) is 5.95 Å². The molecule has 192 valence electrons. The van der Waals surface area contributed by atoms with Crippen molar-refractivity contribution in [1.82, 2.24) is 24.9 Å². The maximum atomic E-state index is 12.6. The Kier molecular flexibility index (Phi) is 6.72. The second-order valence-electron chi connectivity index (χ2n) is 10.0. The smallest absolute Gasteiger partial charge is 0.327 e. The van der Waals surface area contributed by atoms with Gasteiger partial charge in [0, 0.05) is 36.9 Å². The number of ether oxygens (including phenoxy) is 2. The van der Waals surface area contributed by atoms with E-state index in [1.165, 1.54) is 0 Å². The Hall–Kier alpha value is -3.92. The van der Waals surface area contributed by atoms with Gasteiger partial charge in [-0.3, -0.25) is 4.79 Å². The van der Waals surface area contributed by atoms with Crippen LogP contribution < -0.4 is 14.9 Å². The summed E-state index contributed by atoms with van der Waals surface area (Å²) in [4.78, 5) is 23.6. The molecule has 2 aromatic heterocycles. The van der Waals surface area contributed by atoms with Crippen LogP contribution in [0.3, 0.4) is 0 Å². The number of amides is 1. The molecule has 0 atom stereocenters. The monoisotopic (exact) mass is 508 g/mol. The highest BCUT2D eigenvalue weighted by atomic mass is 16.5. The topological polar surface area (TPSA) is 93.9 Å². The number of para-hydroxylation sites is 1. The molecule has 0 bridgehead atoms. The first-order valence-corrected chi connectivity index (χ1v) is 13.1. The highest BCUT2D eigenvalue weighted by molar-refractivity contribution is 6.17. The number of nitrogens with zero attached hydrogens (tertiary/aromatic N) is 5. The third-order valence-corrected chi connectivity index (χ3v) is 7.03. The Morgan fingerprint density at radius 2 is 1.92 bits per heavy atom. The molecule has 38 heavy (non-hydrogen) atoms. The van der Waals surface area contributed by atoms with Crippen LogP contribution in [0.2, 0.25) is 0 Å². The largest absolute Gasteiger partial charge is 0.424 e. The van der Waals surface area contributed by atoms with E-state index in [-0.39, 0.29) is 11.9 Å². The minimum absolute atomic E-state index is 0.0357. The summed E-state index contributed by atoms with van der Waals surface area (Å²) in [5, 5.41) is 7.66. The fourth-order valence-electron chi connectivity index (χ4n) is 4.74. The summed E-state index contributed by atoms with van der Waals surface area (Å²) < 4.78 is 13.2. The lowest BCUT2D eigenvalue weighted by Gasteiger charge is -2.28. The Labute approximate surface area is 222 Å². The summed E-state index contributed by atoms with van der Waals surface area (Å²) in [5.74, 6) is 1.42. The summed E-state index contributed by atoms with van der Waals surface area (Å²) in [7, 11) is 6.57. The lowest BCUT2D eigenvalue weighted by Crippen LogP contribution is -2.32. The van der Waals surface area contributed by atoms with Gasteiger partial charge in [-0.1, -0.05) is 30.3 Å². The van der Waals surface area contributed by atoms with Crippen LogP contribution in [-0.4, -0.2) is 59.3 Å². The van der Waals surface area contributed by atoms with Crippen molar-refractivity contribution in [2.24, 2.45) is 5.92 Å². The van der Waals surface area contributed by atoms with Crippen LogP contribution in [0.5, 0.6) is 11.8 Å². The Morgan fingerprint density at radius 1 is 1.13 bits per heavy atom. The van der Waals surface area contributed by atoms with E-state index in [4.69, 9.17) is 22.4 Å². The summed E-state index contributed by atoms with van der Waals surface area (Å²) >= 11 is 0. The van der Waals surface area contributed by atoms with E-state index in [1.54, 1.807) is 15.5 Å². The number of nitrogens with one attached hydrogen (secondary N) is 1. The van der Waals surface area contributed by atoms with Gasteiger partial charge in [-0.2, -0.15) is 19.6 Å². The molecule has 2 fully saturated rings. The first-order valence-electron chi connectivity index (χ1n) is 13.1. The molecule has 2 aromatic carbocycles. The van der Waals surface area contributed by atoms with E-state index >= 15 is 0 Å². The molecule has 1 saturated heterocycles. The number of hydrogen-bond donors (Lipinski definition) is 1. The molecule has 1 N–H and O–H groups in total. The average molecular weight is 508 g/mol. The van der Waals surface area contributed by atoms with Crippen LogP contribution in [0, 0.1) is 12.8 Å². The second kappa shape index (κ2) is 10.5. The first kappa shape index (κ1) is 24.4. The maximum Gasteiger partial charge on any atom is 0.327 e. The van der Waals surface area contributed by atoms with Gasteiger partial charge in [0.15, 0.2) is 5.65 Å². The molecule has 2 radical (unpaired) electrons. The van der Waals surface area contributed by atoms with Gasteiger partial charge in [0.1, 0.15) is 5.75 Å². The van der Waals surface area contributed by atoms with Crippen molar-refractivity contribution in [3.8, 4) is 22.9 Å². The minimum atomic E-state index is -0.0357. The molecule has 1 aliphatic heterocycles. The normalized spacial score (nSPS) is 15.9. The van der Waals surface area contributed by atoms with E-state index in [1.807, 2.05) is 55.5 Å². The number of anilines is 1. The lowest BCUT2D eigenvalue weighted by molar-refractivity contribution is 0.0690. The first-order chi connectivity index (χ1) is 18.5. The van der Waals surface area contributed by atoms with E-state index in [9.17, 15) is 4.79 Å². The van der Waals surface area contributed by atoms with E-state index in [2.05, 4.69) is 15.4 Å². The number of fused-ring (bicyclic) bond motifs is 1. The summed E-state index contributed by atoms with van der Waals surface area (Å²) in [6.07, 6.45) is 5.74. The van der Waals surface area contributed by atoms with Crippen LogP contribution in [0.1, 0.15) is 41.6 Å². The zero-order chi connectivity index (χ0) is 26.1. The minimum Gasteiger partial charge on any atom is -0.424 e. The average Bonchev–Trinajstić information content (AvgIpc) is 3.64. The van der Waals surface area contributed by atoms with E-state index < -0.39 is 0 Å². The number of hydrogen-bond acceptors (Lipinski definition) is 7. The standard InChI is InChI=1S/C28H29BN6O3/c1-18-15-20(7-10-23(18)26(36)31-21-8-9-21)24-16-30-35-25(24)32-27(38-22-5-3-2-4-6-22)33-28(35)34(29)17-19-11-13-37-14-12-19/h2-7,10,15-16,19,21H,8-9,11-14,17H2,1H3,(H,31,36). The van der Waals surface area contributed by atoms with Gasteiger partial charge < -0.3 is 19.6 Å². The molecule has 10 heteroatoms. The van der Waals surface area contributed by atoms with Crippen molar-refractivity contribution in [3.05, 3.63) is 65.9 Å². The van der Waals surface area contributed by atoms with Crippen molar-refractivity contribution >= 4 is 25.5 Å². The molecular weight excluding hydrogens is 479 g/mol. The van der Waals surface area contributed by atoms with Crippen molar-refractivity contribution in [3.63, 3.8) is 0 Å². The number of benzene rings is 2. The quantitative estimate of drug-likeness (QED) is 0.358. The molecule has 1 amide bonds. The number of carbonyl (C=O) groups excluding carboxylic acids is 1. The number of aromatic nitrogens is 4. The summed E-state index contributed by atoms with van der Waals surface area (Å²) in [5.41, 5.74) is 3.81. The lowest BCUT2D eigenvalue weighted by atomic mass is 9.98. The molecule has 1 saturated carbocycles. The van der Waals surface area contributed by atoms with Gasteiger partial charge in [0.2, 0.25) is 13.9 Å². The Balaban J connectivity index is 1.37. The SMILES string of the molecule is [B]N(CC1CCOCC1)c1nc(Oc2ccccc2)nc2c(-c3ccc(C(=O)NC4CC4)c(C)c3)cnn12. The predicted octanol–water partition coefficient (Wildman–Crippen LogP) is 4.10. The van der Waals surface area contributed by atoms with Gasteiger partial charge in [-0.15, -0.1) is 0 Å². The summed E-state index contributed by atoms with van der Waals surface area (Å²) in [6, 6.07) is 15.7. The highest BCUT2D eigenvalue weighted by Gasteiger charge is 2.25. The van der Waals surface area contributed by atoms with Crippen LogP contribution in [-0.2, 0) is 4.74 Å². The van der Waals surface area contributed by atoms with Gasteiger partial charge in [0.25, 0.3) is 5.91 Å². The highest BCUT2D eigenvalue weighted by Crippen LogP contribution is 2.30. The second-order valence-corrected chi connectivity index (χ2v) is 10.0. The molecule has 3 heterocycles. The predicted molar refractivity (Wildman–Crippen MR) is 145 cm³/mol. The van der Waals surface area contributed by atoms with Gasteiger partial charge in [-0.05, 0) is 67.9 Å².